The van der Waals surface area contributed by atoms with Crippen molar-refractivity contribution in [3.05, 3.63) is 57.0 Å². The molecule has 2 rings (SSSR count). The fraction of sp³-hybridized carbons (Fsp3) is 0.350. The number of aromatic nitrogens is 1. The number of hydrogen-bond acceptors (Lipinski definition) is 5. The number of esters is 1. The van der Waals surface area contributed by atoms with Crippen LogP contribution in [0.25, 0.3) is 11.1 Å². The van der Waals surface area contributed by atoms with Gasteiger partial charge in [0.1, 0.15) is 6.04 Å². The number of carbonyl (C=O) groups is 2. The first-order valence-electron chi connectivity index (χ1n) is 8.98. The molecule has 1 heterocycles. The zero-order valence-corrected chi connectivity index (χ0v) is 16.5. The molecule has 0 saturated heterocycles. The molecule has 1 unspecified atom stereocenters. The molecule has 150 valence electrons. The summed E-state index contributed by atoms with van der Waals surface area (Å²) in [5.41, 5.74) is 7.00. The van der Waals surface area contributed by atoms with Crippen LogP contribution in [-0.4, -0.2) is 34.8 Å². The molecule has 0 radical (unpaired) electrons. The van der Waals surface area contributed by atoms with Crippen molar-refractivity contribution in [2.24, 2.45) is 5.73 Å². The van der Waals surface area contributed by atoms with Crippen molar-refractivity contribution >= 4 is 23.5 Å². The summed E-state index contributed by atoms with van der Waals surface area (Å²) < 4.78 is 6.18. The molecule has 1 aromatic carbocycles. The van der Waals surface area contributed by atoms with E-state index in [1.54, 1.807) is 32.0 Å². The average Bonchev–Trinajstić information content (AvgIpc) is 2.64. The monoisotopic (exact) mass is 406 g/mol. The van der Waals surface area contributed by atoms with E-state index in [4.69, 9.17) is 22.1 Å². The van der Waals surface area contributed by atoms with Crippen LogP contribution >= 0.6 is 11.6 Å². The summed E-state index contributed by atoms with van der Waals surface area (Å²) in [6, 6.07) is 5.32. The van der Waals surface area contributed by atoms with Crippen molar-refractivity contribution in [1.29, 1.82) is 0 Å². The summed E-state index contributed by atoms with van der Waals surface area (Å²) in [6.07, 6.45) is 1.96. The van der Waals surface area contributed by atoms with Gasteiger partial charge >= 0.3 is 11.9 Å². The Kier molecular flexibility index (Phi) is 7.37. The van der Waals surface area contributed by atoms with Crippen molar-refractivity contribution in [2.75, 3.05) is 13.2 Å². The summed E-state index contributed by atoms with van der Waals surface area (Å²) in [6.45, 7) is 3.83. The lowest BCUT2D eigenvalue weighted by Gasteiger charge is -2.18. The standard InChI is InChI=1S/C20H23ClN2O5/c1-3-17(19(25)26)23-11-16(20(27)28-4-2)15(10-18(23)24)14-9-13(21)6-5-12(14)7-8-22/h5-6,9-11,17H,3-4,7-8,22H2,1-2H3,(H,25,26). The zero-order valence-electron chi connectivity index (χ0n) is 15.8. The lowest BCUT2D eigenvalue weighted by Crippen LogP contribution is -2.30. The first-order chi connectivity index (χ1) is 13.3. The SMILES string of the molecule is CCOC(=O)c1cn(C(CC)C(=O)O)c(=O)cc1-c1cc(Cl)ccc1CCN. The third kappa shape index (κ3) is 4.61. The number of aliphatic carboxylic acids is 1. The summed E-state index contributed by atoms with van der Waals surface area (Å²) in [7, 11) is 0. The van der Waals surface area contributed by atoms with Crippen LogP contribution in [0.15, 0.2) is 35.3 Å². The van der Waals surface area contributed by atoms with Crippen LogP contribution in [0.1, 0.15) is 42.2 Å². The van der Waals surface area contributed by atoms with E-state index in [1.165, 1.54) is 12.3 Å². The van der Waals surface area contributed by atoms with Crippen LogP contribution in [0.3, 0.4) is 0 Å². The molecule has 0 spiro atoms. The maximum absolute atomic E-state index is 12.7. The number of carbonyl (C=O) groups excluding carboxylic acids is 1. The quantitative estimate of drug-likeness (QED) is 0.652. The number of carboxylic acids is 1. The van der Waals surface area contributed by atoms with Crippen LogP contribution < -0.4 is 11.3 Å². The number of rotatable bonds is 8. The lowest BCUT2D eigenvalue weighted by molar-refractivity contribution is -0.141. The van der Waals surface area contributed by atoms with E-state index in [0.29, 0.717) is 29.1 Å². The minimum atomic E-state index is -1.15. The third-order valence-corrected chi connectivity index (χ3v) is 4.59. The van der Waals surface area contributed by atoms with Gasteiger partial charge in [0.05, 0.1) is 12.2 Å². The summed E-state index contributed by atoms with van der Waals surface area (Å²) in [5.74, 6) is -1.80. The maximum atomic E-state index is 12.7. The second-order valence-electron chi connectivity index (χ2n) is 6.17. The first kappa shape index (κ1) is 21.7. The summed E-state index contributed by atoms with van der Waals surface area (Å²) in [4.78, 5) is 36.8. The van der Waals surface area contributed by atoms with Gasteiger partial charge in [-0.2, -0.15) is 0 Å². The highest BCUT2D eigenvalue weighted by Gasteiger charge is 2.24. The topological polar surface area (TPSA) is 112 Å². The van der Waals surface area contributed by atoms with E-state index in [-0.39, 0.29) is 18.6 Å². The predicted octanol–water partition coefficient (Wildman–Crippen LogP) is 2.88. The van der Waals surface area contributed by atoms with Gasteiger partial charge in [-0.05, 0) is 49.6 Å². The second kappa shape index (κ2) is 9.52. The third-order valence-electron chi connectivity index (χ3n) is 4.36. The van der Waals surface area contributed by atoms with E-state index in [0.717, 1.165) is 10.1 Å². The smallest absolute Gasteiger partial charge is 0.340 e. The Morgan fingerprint density at radius 1 is 1.25 bits per heavy atom. The number of ether oxygens (including phenoxy) is 1. The molecule has 0 bridgehead atoms. The van der Waals surface area contributed by atoms with Crippen molar-refractivity contribution in [2.45, 2.75) is 32.7 Å². The number of nitrogens with zero attached hydrogens (tertiary/aromatic N) is 1. The van der Waals surface area contributed by atoms with Gasteiger partial charge in [0.25, 0.3) is 5.56 Å². The molecule has 0 fully saturated rings. The van der Waals surface area contributed by atoms with Gasteiger partial charge in [0.2, 0.25) is 0 Å². The van der Waals surface area contributed by atoms with Gasteiger partial charge in [0, 0.05) is 22.8 Å². The number of pyridine rings is 1. The Bertz CT molecular complexity index is 939. The van der Waals surface area contributed by atoms with E-state index in [2.05, 4.69) is 0 Å². The van der Waals surface area contributed by atoms with Crippen LogP contribution in [0.2, 0.25) is 5.02 Å². The van der Waals surface area contributed by atoms with Gasteiger partial charge in [-0.1, -0.05) is 24.6 Å². The Labute approximate surface area is 167 Å². The highest BCUT2D eigenvalue weighted by molar-refractivity contribution is 6.31. The van der Waals surface area contributed by atoms with Gasteiger partial charge in [-0.25, -0.2) is 9.59 Å². The van der Waals surface area contributed by atoms with Crippen molar-refractivity contribution < 1.29 is 19.4 Å². The fourth-order valence-corrected chi connectivity index (χ4v) is 3.22. The molecule has 0 saturated carbocycles. The van der Waals surface area contributed by atoms with E-state index < -0.39 is 23.5 Å². The lowest BCUT2D eigenvalue weighted by atomic mass is 9.94. The predicted molar refractivity (Wildman–Crippen MR) is 107 cm³/mol. The molecule has 1 aromatic heterocycles. The second-order valence-corrected chi connectivity index (χ2v) is 6.61. The normalized spacial score (nSPS) is 11.9. The zero-order chi connectivity index (χ0) is 20.8. The van der Waals surface area contributed by atoms with Crippen molar-refractivity contribution in [1.82, 2.24) is 4.57 Å². The summed E-state index contributed by atoms with van der Waals surface area (Å²) >= 11 is 6.14. The van der Waals surface area contributed by atoms with Gasteiger partial charge in [-0.15, -0.1) is 0 Å². The summed E-state index contributed by atoms with van der Waals surface area (Å²) in [5, 5.41) is 9.85. The van der Waals surface area contributed by atoms with Gasteiger partial charge < -0.3 is 20.1 Å². The molecule has 2 aromatic rings. The molecule has 0 aliphatic heterocycles. The molecule has 1 atom stereocenters. The minimum Gasteiger partial charge on any atom is -0.480 e. The molecular formula is C20H23ClN2O5. The van der Waals surface area contributed by atoms with E-state index >= 15 is 0 Å². The van der Waals surface area contributed by atoms with Crippen LogP contribution in [0.4, 0.5) is 0 Å². The minimum absolute atomic E-state index is 0.0988. The number of hydrogen-bond donors (Lipinski definition) is 2. The molecule has 8 heteroatoms. The van der Waals surface area contributed by atoms with Crippen LogP contribution in [0.5, 0.6) is 0 Å². The highest BCUT2D eigenvalue weighted by Crippen LogP contribution is 2.30. The van der Waals surface area contributed by atoms with Gasteiger partial charge in [0.15, 0.2) is 0 Å². The Morgan fingerprint density at radius 3 is 2.54 bits per heavy atom. The average molecular weight is 407 g/mol. The Balaban J connectivity index is 2.79. The fourth-order valence-electron chi connectivity index (χ4n) is 3.05. The molecule has 3 N–H and O–H groups in total. The number of nitrogens with two attached hydrogens (primary N) is 1. The molecular weight excluding hydrogens is 384 g/mol. The molecule has 7 nitrogen and oxygen atoms in total. The van der Waals surface area contributed by atoms with Gasteiger partial charge in [-0.3, -0.25) is 4.79 Å². The van der Waals surface area contributed by atoms with E-state index in [9.17, 15) is 19.5 Å². The largest absolute Gasteiger partial charge is 0.480 e. The number of halogens is 1. The number of carboxylic acid groups (broad SMARTS) is 1. The molecule has 0 aliphatic rings. The molecule has 28 heavy (non-hydrogen) atoms. The maximum Gasteiger partial charge on any atom is 0.340 e. The molecule has 0 aliphatic carbocycles. The highest BCUT2D eigenvalue weighted by atomic mass is 35.5. The van der Waals surface area contributed by atoms with Crippen LogP contribution in [0, 0.1) is 0 Å². The van der Waals surface area contributed by atoms with Crippen molar-refractivity contribution in [3.63, 3.8) is 0 Å². The van der Waals surface area contributed by atoms with Crippen molar-refractivity contribution in [3.8, 4) is 11.1 Å². The van der Waals surface area contributed by atoms with Crippen LogP contribution in [-0.2, 0) is 16.0 Å². The number of benzene rings is 1. The van der Waals surface area contributed by atoms with E-state index in [1.807, 2.05) is 0 Å². The molecule has 0 amide bonds. The Morgan fingerprint density at radius 2 is 1.96 bits per heavy atom. The first-order valence-corrected chi connectivity index (χ1v) is 9.36. The Hall–Kier alpha value is -2.64.